The highest BCUT2D eigenvalue weighted by Crippen LogP contribution is 2.40. The van der Waals surface area contributed by atoms with Gasteiger partial charge in [-0.15, -0.1) is 6.58 Å². The van der Waals surface area contributed by atoms with Crippen molar-refractivity contribution in [3.05, 3.63) is 48.6 Å². The summed E-state index contributed by atoms with van der Waals surface area (Å²) in [6.07, 6.45) is -6.33. The number of carboxylic acid groups (broad SMARTS) is 1. The van der Waals surface area contributed by atoms with Crippen LogP contribution in [0.15, 0.2) is 43.0 Å². The molecule has 0 bridgehead atoms. The maximum Gasteiger partial charge on any atom is 0.431 e. The van der Waals surface area contributed by atoms with E-state index in [1.165, 1.54) is 32.9 Å². The monoisotopic (exact) mass is 346 g/mol. The Bertz CT molecular complexity index is 563. The van der Waals surface area contributed by atoms with Crippen molar-refractivity contribution < 1.29 is 32.5 Å². The summed E-state index contributed by atoms with van der Waals surface area (Å²) >= 11 is 0. The fraction of sp³-hybridized carbons (Fsp3) is 0.471. The van der Waals surface area contributed by atoms with Crippen LogP contribution >= 0.6 is 0 Å². The van der Waals surface area contributed by atoms with Crippen LogP contribution in [0.5, 0.6) is 0 Å². The minimum Gasteiger partial charge on any atom is -0.479 e. The van der Waals surface area contributed by atoms with E-state index >= 15 is 0 Å². The first-order valence-electron chi connectivity index (χ1n) is 7.22. The minimum atomic E-state index is -5.21. The van der Waals surface area contributed by atoms with Crippen LogP contribution in [0, 0.1) is 0 Å². The van der Waals surface area contributed by atoms with Crippen molar-refractivity contribution in [3.8, 4) is 0 Å². The Morgan fingerprint density at radius 3 is 2.17 bits per heavy atom. The lowest BCUT2D eigenvalue weighted by Crippen LogP contribution is -2.63. The number of hydrogen-bond acceptors (Lipinski definition) is 3. The van der Waals surface area contributed by atoms with Crippen LogP contribution in [0.2, 0.25) is 0 Å². The van der Waals surface area contributed by atoms with Gasteiger partial charge in [-0.2, -0.15) is 13.2 Å². The maximum atomic E-state index is 13.7. The Labute approximate surface area is 138 Å². The standard InChI is InChI=1S/C17H21F3O4/c1-5-13(24-15(2,3)4)16(14(21)22,17(18,19)20)23-11-12-9-7-6-8-10-12/h5-10,13H,1,11H2,2-4H3,(H,21,22). The fourth-order valence-corrected chi connectivity index (χ4v) is 2.08. The Hall–Kier alpha value is -1.86. The molecule has 0 fully saturated rings. The molecule has 0 aliphatic heterocycles. The third-order valence-electron chi connectivity index (χ3n) is 3.14. The van der Waals surface area contributed by atoms with Crippen molar-refractivity contribution in [2.45, 2.75) is 50.9 Å². The van der Waals surface area contributed by atoms with Crippen LogP contribution < -0.4 is 0 Å². The van der Waals surface area contributed by atoms with Gasteiger partial charge in [-0.25, -0.2) is 4.79 Å². The normalized spacial score (nSPS) is 16.2. The van der Waals surface area contributed by atoms with E-state index in [4.69, 9.17) is 9.47 Å². The first-order valence-corrected chi connectivity index (χ1v) is 7.22. The van der Waals surface area contributed by atoms with Crippen LogP contribution in [-0.2, 0) is 20.9 Å². The number of halogens is 3. The molecule has 0 spiro atoms. The number of carboxylic acids is 1. The predicted molar refractivity (Wildman–Crippen MR) is 82.5 cm³/mol. The molecule has 1 rings (SSSR count). The Balaban J connectivity index is 3.28. The van der Waals surface area contributed by atoms with Crippen LogP contribution in [0.25, 0.3) is 0 Å². The van der Waals surface area contributed by atoms with E-state index in [1.807, 2.05) is 0 Å². The first-order chi connectivity index (χ1) is 10.9. The Kier molecular flexibility index (Phi) is 6.19. The van der Waals surface area contributed by atoms with E-state index in [-0.39, 0.29) is 0 Å². The summed E-state index contributed by atoms with van der Waals surface area (Å²) in [7, 11) is 0. The highest BCUT2D eigenvalue weighted by molar-refractivity contribution is 5.80. The van der Waals surface area contributed by atoms with Gasteiger partial charge in [-0.05, 0) is 26.3 Å². The summed E-state index contributed by atoms with van der Waals surface area (Å²) in [5.41, 5.74) is -4.18. The summed E-state index contributed by atoms with van der Waals surface area (Å²) in [4.78, 5) is 11.6. The van der Waals surface area contributed by atoms with Crippen molar-refractivity contribution in [1.29, 1.82) is 0 Å². The third kappa shape index (κ3) is 4.58. The van der Waals surface area contributed by atoms with Crippen molar-refractivity contribution in [2.75, 3.05) is 0 Å². The molecule has 0 saturated carbocycles. The van der Waals surface area contributed by atoms with Gasteiger partial charge in [0.05, 0.1) is 12.2 Å². The second-order valence-corrected chi connectivity index (χ2v) is 6.20. The van der Waals surface area contributed by atoms with Gasteiger partial charge >= 0.3 is 12.1 Å². The van der Waals surface area contributed by atoms with E-state index in [1.54, 1.807) is 18.2 Å². The summed E-state index contributed by atoms with van der Waals surface area (Å²) in [5.74, 6) is -2.18. The summed E-state index contributed by atoms with van der Waals surface area (Å²) in [6, 6.07) is 8.00. The molecule has 1 aromatic rings. The Morgan fingerprint density at radius 1 is 1.25 bits per heavy atom. The molecule has 0 saturated heterocycles. The zero-order valence-corrected chi connectivity index (χ0v) is 13.8. The molecule has 0 amide bonds. The van der Waals surface area contributed by atoms with Gasteiger partial charge in [0.15, 0.2) is 0 Å². The van der Waals surface area contributed by atoms with Gasteiger partial charge in [0, 0.05) is 0 Å². The molecule has 1 N–H and O–H groups in total. The molecule has 0 aliphatic rings. The van der Waals surface area contributed by atoms with Crippen molar-refractivity contribution in [1.82, 2.24) is 0 Å². The molecule has 1 aromatic carbocycles. The largest absolute Gasteiger partial charge is 0.479 e. The number of alkyl halides is 3. The topological polar surface area (TPSA) is 55.8 Å². The number of carbonyl (C=O) groups is 1. The van der Waals surface area contributed by atoms with E-state index < -0.39 is 36.1 Å². The van der Waals surface area contributed by atoms with Gasteiger partial charge in [0.1, 0.15) is 6.10 Å². The van der Waals surface area contributed by atoms with Gasteiger partial charge in [0.2, 0.25) is 0 Å². The second kappa shape index (κ2) is 7.36. The Morgan fingerprint density at radius 2 is 1.79 bits per heavy atom. The van der Waals surface area contributed by atoms with E-state index in [9.17, 15) is 23.1 Å². The van der Waals surface area contributed by atoms with Crippen molar-refractivity contribution in [2.24, 2.45) is 0 Å². The number of hydrogen-bond donors (Lipinski definition) is 1. The first kappa shape index (κ1) is 20.2. The molecule has 2 atom stereocenters. The number of benzene rings is 1. The molecule has 0 aliphatic carbocycles. The van der Waals surface area contributed by atoms with E-state index in [0.717, 1.165) is 6.08 Å². The number of rotatable bonds is 7. The summed E-state index contributed by atoms with van der Waals surface area (Å²) < 4.78 is 51.3. The number of ether oxygens (including phenoxy) is 2. The molecule has 0 heterocycles. The molecule has 4 nitrogen and oxygen atoms in total. The molecule has 0 radical (unpaired) electrons. The molecular formula is C17H21F3O4. The smallest absolute Gasteiger partial charge is 0.431 e. The van der Waals surface area contributed by atoms with Crippen LogP contribution in [0.4, 0.5) is 13.2 Å². The maximum absolute atomic E-state index is 13.7. The van der Waals surface area contributed by atoms with Crippen LogP contribution in [-0.4, -0.2) is 34.6 Å². The van der Waals surface area contributed by atoms with Crippen molar-refractivity contribution in [3.63, 3.8) is 0 Å². The fourth-order valence-electron chi connectivity index (χ4n) is 2.08. The van der Waals surface area contributed by atoms with Gasteiger partial charge in [0.25, 0.3) is 5.60 Å². The zero-order valence-electron chi connectivity index (χ0n) is 13.8. The quantitative estimate of drug-likeness (QED) is 0.760. The third-order valence-corrected chi connectivity index (χ3v) is 3.14. The lowest BCUT2D eigenvalue weighted by Gasteiger charge is -2.39. The van der Waals surface area contributed by atoms with Gasteiger partial charge in [-0.1, -0.05) is 36.4 Å². The number of aliphatic carboxylic acids is 1. The molecule has 24 heavy (non-hydrogen) atoms. The molecule has 2 unspecified atom stereocenters. The zero-order chi connectivity index (χ0) is 18.6. The predicted octanol–water partition coefficient (Wildman–Crippen LogP) is 3.96. The van der Waals surface area contributed by atoms with Crippen LogP contribution in [0.1, 0.15) is 26.3 Å². The summed E-state index contributed by atoms with van der Waals surface area (Å²) in [6.45, 7) is 7.31. The lowest BCUT2D eigenvalue weighted by atomic mass is 9.94. The lowest BCUT2D eigenvalue weighted by molar-refractivity contribution is -0.309. The molecule has 7 heteroatoms. The SMILES string of the molecule is C=CC(OC(C)(C)C)C(OCc1ccccc1)(C(=O)O)C(F)(F)F. The minimum absolute atomic E-state index is 0.408. The average molecular weight is 346 g/mol. The van der Waals surface area contributed by atoms with E-state index in [0.29, 0.717) is 5.56 Å². The summed E-state index contributed by atoms with van der Waals surface area (Å²) in [5, 5.41) is 9.36. The van der Waals surface area contributed by atoms with E-state index in [2.05, 4.69) is 6.58 Å². The molecular weight excluding hydrogens is 325 g/mol. The molecule has 134 valence electrons. The van der Waals surface area contributed by atoms with Gasteiger partial charge < -0.3 is 14.6 Å². The average Bonchev–Trinajstić information content (AvgIpc) is 2.44. The molecule has 0 aromatic heterocycles. The highest BCUT2D eigenvalue weighted by Gasteiger charge is 2.67. The van der Waals surface area contributed by atoms with Crippen molar-refractivity contribution >= 4 is 5.97 Å². The second-order valence-electron chi connectivity index (χ2n) is 6.20. The van der Waals surface area contributed by atoms with Crippen LogP contribution in [0.3, 0.4) is 0 Å². The highest BCUT2D eigenvalue weighted by atomic mass is 19.4. The van der Waals surface area contributed by atoms with Gasteiger partial charge in [-0.3, -0.25) is 0 Å².